The van der Waals surface area contributed by atoms with Gasteiger partial charge in [0.15, 0.2) is 0 Å². The fourth-order valence-electron chi connectivity index (χ4n) is 3.34. The predicted octanol–water partition coefficient (Wildman–Crippen LogP) is 3.78. The average molecular weight is 230 g/mol. The van der Waals surface area contributed by atoms with Crippen LogP contribution in [0, 0.1) is 0 Å². The minimum Gasteiger partial charge on any atom is -0.300 e. The number of hydrogen-bond donors (Lipinski definition) is 0. The highest BCUT2D eigenvalue weighted by atomic mass is 19.1. The molecule has 3 rings (SSSR count). The van der Waals surface area contributed by atoms with Crippen LogP contribution in [-0.4, -0.2) is 5.78 Å². The summed E-state index contributed by atoms with van der Waals surface area (Å²) in [6.45, 7) is 1.82. The minimum absolute atomic E-state index is 0.0771. The summed E-state index contributed by atoms with van der Waals surface area (Å²) in [5.74, 6) is 0.114. The molecule has 1 aromatic carbocycles. The molecule has 0 saturated heterocycles. The van der Waals surface area contributed by atoms with Gasteiger partial charge in [-0.05, 0) is 36.5 Å². The molecule has 0 radical (unpaired) electrons. The van der Waals surface area contributed by atoms with Crippen molar-refractivity contribution in [3.63, 3.8) is 0 Å². The highest BCUT2D eigenvalue weighted by Crippen LogP contribution is 2.53. The van der Waals surface area contributed by atoms with E-state index in [-0.39, 0.29) is 11.6 Å². The van der Waals surface area contributed by atoms with Gasteiger partial charge in [-0.3, -0.25) is 4.79 Å². The van der Waals surface area contributed by atoms with Gasteiger partial charge in [0.05, 0.1) is 5.41 Å². The van der Waals surface area contributed by atoms with Crippen LogP contribution in [0.5, 0.6) is 0 Å². The van der Waals surface area contributed by atoms with Gasteiger partial charge in [0.2, 0.25) is 0 Å². The highest BCUT2D eigenvalue weighted by Gasteiger charge is 2.47. The van der Waals surface area contributed by atoms with E-state index in [1.54, 1.807) is 0 Å². The monoisotopic (exact) mass is 230 g/mol. The van der Waals surface area contributed by atoms with Crippen molar-refractivity contribution in [2.75, 3.05) is 0 Å². The first-order chi connectivity index (χ1) is 8.15. The maximum atomic E-state index is 14.6. The molecular formula is C15H15FO. The van der Waals surface area contributed by atoms with Crippen molar-refractivity contribution >= 4 is 11.4 Å². The second-order valence-corrected chi connectivity index (χ2v) is 5.14. The Kier molecular flexibility index (Phi) is 2.22. The van der Waals surface area contributed by atoms with Gasteiger partial charge in [-0.2, -0.15) is 0 Å². The van der Waals surface area contributed by atoms with Gasteiger partial charge in [0.1, 0.15) is 11.6 Å². The summed E-state index contributed by atoms with van der Waals surface area (Å²) in [7, 11) is 0. The first-order valence-corrected chi connectivity index (χ1v) is 6.13. The molecule has 0 heterocycles. The number of rotatable bonds is 0. The molecule has 1 saturated carbocycles. The Morgan fingerprint density at radius 2 is 2.06 bits per heavy atom. The van der Waals surface area contributed by atoms with Crippen LogP contribution >= 0.6 is 0 Å². The number of hydrogen-bond acceptors (Lipinski definition) is 1. The lowest BCUT2D eigenvalue weighted by Crippen LogP contribution is -2.32. The summed E-state index contributed by atoms with van der Waals surface area (Å²) in [5, 5.41) is 0. The number of fused-ring (bicyclic) bond motifs is 2. The molecule has 2 heteroatoms. The number of ketones is 1. The summed E-state index contributed by atoms with van der Waals surface area (Å²) in [6.07, 6.45) is 2.51. The largest absolute Gasteiger partial charge is 0.300 e. The van der Waals surface area contributed by atoms with Crippen molar-refractivity contribution in [1.82, 2.24) is 0 Å². The van der Waals surface area contributed by atoms with E-state index in [4.69, 9.17) is 0 Å². The standard InChI is InChI=1S/C15H15FO/c1-10-12-6-2-3-7-13(12)15(14(10)16)8-4-5-11(17)9-15/h2-3,6-7H,4-5,8-9H2,1H3/t15-/m1/s1. The van der Waals surface area contributed by atoms with E-state index in [1.807, 2.05) is 31.2 Å². The lowest BCUT2D eigenvalue weighted by atomic mass is 9.70. The number of benzene rings is 1. The van der Waals surface area contributed by atoms with Crippen LogP contribution in [0.25, 0.3) is 5.57 Å². The molecule has 0 aromatic heterocycles. The quantitative estimate of drug-likeness (QED) is 0.662. The first kappa shape index (κ1) is 10.7. The van der Waals surface area contributed by atoms with E-state index in [9.17, 15) is 9.18 Å². The van der Waals surface area contributed by atoms with Crippen molar-refractivity contribution in [3.05, 3.63) is 41.2 Å². The molecule has 0 amide bonds. The molecular weight excluding hydrogens is 215 g/mol. The van der Waals surface area contributed by atoms with Crippen LogP contribution in [0.1, 0.15) is 43.7 Å². The number of carbonyl (C=O) groups is 1. The van der Waals surface area contributed by atoms with Gasteiger partial charge in [0.25, 0.3) is 0 Å². The number of Topliss-reactive ketones (excluding diaryl/α,β-unsaturated/α-hetero) is 1. The van der Waals surface area contributed by atoms with E-state index in [0.29, 0.717) is 12.8 Å². The number of halogens is 1. The van der Waals surface area contributed by atoms with Crippen LogP contribution in [0.15, 0.2) is 30.1 Å². The van der Waals surface area contributed by atoms with Crippen LogP contribution < -0.4 is 0 Å². The third-order valence-corrected chi connectivity index (χ3v) is 4.15. The molecule has 1 atom stereocenters. The topological polar surface area (TPSA) is 17.1 Å². The Labute approximate surface area is 100 Å². The Bertz CT molecular complexity index is 529. The Balaban J connectivity index is 2.21. The Morgan fingerprint density at radius 1 is 1.29 bits per heavy atom. The van der Waals surface area contributed by atoms with Gasteiger partial charge in [-0.1, -0.05) is 24.3 Å². The highest BCUT2D eigenvalue weighted by molar-refractivity contribution is 5.86. The van der Waals surface area contributed by atoms with Crippen LogP contribution in [0.2, 0.25) is 0 Å². The van der Waals surface area contributed by atoms with Crippen molar-refractivity contribution in [3.8, 4) is 0 Å². The molecule has 1 nitrogen and oxygen atoms in total. The third kappa shape index (κ3) is 1.33. The maximum absolute atomic E-state index is 14.6. The second-order valence-electron chi connectivity index (χ2n) is 5.14. The molecule has 88 valence electrons. The summed E-state index contributed by atoms with van der Waals surface area (Å²) < 4.78 is 14.6. The molecule has 1 aromatic rings. The normalized spacial score (nSPS) is 27.8. The van der Waals surface area contributed by atoms with E-state index in [2.05, 4.69) is 0 Å². The minimum atomic E-state index is -0.629. The number of carbonyl (C=O) groups excluding carboxylic acids is 1. The van der Waals surface area contributed by atoms with Gasteiger partial charge >= 0.3 is 0 Å². The number of allylic oxidation sites excluding steroid dienone is 2. The fraction of sp³-hybridized carbons (Fsp3) is 0.400. The average Bonchev–Trinajstić information content (AvgIpc) is 2.54. The van der Waals surface area contributed by atoms with Crippen molar-refractivity contribution < 1.29 is 9.18 Å². The molecule has 2 aliphatic carbocycles. The Morgan fingerprint density at radius 3 is 2.82 bits per heavy atom. The van der Waals surface area contributed by atoms with Crippen molar-refractivity contribution in [2.45, 2.75) is 38.0 Å². The summed E-state index contributed by atoms with van der Waals surface area (Å²) in [5.41, 5.74) is 2.09. The van der Waals surface area contributed by atoms with Gasteiger partial charge in [-0.15, -0.1) is 0 Å². The van der Waals surface area contributed by atoms with E-state index < -0.39 is 5.41 Å². The molecule has 2 aliphatic rings. The fourth-order valence-corrected chi connectivity index (χ4v) is 3.34. The first-order valence-electron chi connectivity index (χ1n) is 6.13. The molecule has 0 N–H and O–H groups in total. The lowest BCUT2D eigenvalue weighted by Gasteiger charge is -2.33. The van der Waals surface area contributed by atoms with Crippen LogP contribution in [0.3, 0.4) is 0 Å². The summed E-state index contributed by atoms with van der Waals surface area (Å²) in [4.78, 5) is 11.7. The molecule has 0 aliphatic heterocycles. The Hall–Kier alpha value is -1.44. The summed E-state index contributed by atoms with van der Waals surface area (Å²) in [6, 6.07) is 7.80. The van der Waals surface area contributed by atoms with E-state index >= 15 is 0 Å². The third-order valence-electron chi connectivity index (χ3n) is 4.15. The second kappa shape index (κ2) is 3.52. The molecule has 1 fully saturated rings. The molecule has 1 spiro atoms. The van der Waals surface area contributed by atoms with Crippen molar-refractivity contribution in [1.29, 1.82) is 0 Å². The summed E-state index contributed by atoms with van der Waals surface area (Å²) >= 11 is 0. The van der Waals surface area contributed by atoms with E-state index in [0.717, 1.165) is 29.5 Å². The SMILES string of the molecule is CC1=C(F)[C@@]2(CCCC(=O)C2)c2ccccc21. The van der Waals surface area contributed by atoms with Crippen LogP contribution in [-0.2, 0) is 10.2 Å². The zero-order valence-electron chi connectivity index (χ0n) is 9.92. The molecule has 0 bridgehead atoms. The van der Waals surface area contributed by atoms with Gasteiger partial charge < -0.3 is 0 Å². The smallest absolute Gasteiger partial charge is 0.134 e. The molecule has 17 heavy (non-hydrogen) atoms. The van der Waals surface area contributed by atoms with Crippen LogP contribution in [0.4, 0.5) is 4.39 Å². The maximum Gasteiger partial charge on any atom is 0.134 e. The zero-order valence-corrected chi connectivity index (χ0v) is 9.92. The van der Waals surface area contributed by atoms with Gasteiger partial charge in [-0.25, -0.2) is 4.39 Å². The lowest BCUT2D eigenvalue weighted by molar-refractivity contribution is -0.121. The zero-order chi connectivity index (χ0) is 12.0. The molecule has 0 unspecified atom stereocenters. The van der Waals surface area contributed by atoms with Gasteiger partial charge in [0, 0.05) is 12.8 Å². The van der Waals surface area contributed by atoms with Crippen molar-refractivity contribution in [2.24, 2.45) is 0 Å². The van der Waals surface area contributed by atoms with E-state index in [1.165, 1.54) is 0 Å². The predicted molar refractivity (Wildman–Crippen MR) is 65.3 cm³/mol.